The number of aromatic nitrogens is 1. The van der Waals surface area contributed by atoms with Crippen molar-refractivity contribution < 1.29 is 9.59 Å². The van der Waals surface area contributed by atoms with Crippen molar-refractivity contribution in [3.63, 3.8) is 0 Å². The van der Waals surface area contributed by atoms with Gasteiger partial charge in [0.1, 0.15) is 5.03 Å². The number of para-hydroxylation sites is 1. The van der Waals surface area contributed by atoms with Gasteiger partial charge in [-0.05, 0) is 60.7 Å². The molecule has 2 aromatic carbocycles. The van der Waals surface area contributed by atoms with Crippen LogP contribution in [0.25, 0.3) is 0 Å². The monoisotopic (exact) mass is 472 g/mol. The minimum atomic E-state index is -0.0643. The second-order valence-electron chi connectivity index (χ2n) is 8.62. The zero-order chi connectivity index (χ0) is 23.3. The predicted molar refractivity (Wildman–Crippen MR) is 137 cm³/mol. The summed E-state index contributed by atoms with van der Waals surface area (Å²) in [4.78, 5) is 33.7. The van der Waals surface area contributed by atoms with E-state index >= 15 is 0 Å². The molecule has 2 aliphatic heterocycles. The molecule has 0 aliphatic carbocycles. The van der Waals surface area contributed by atoms with Crippen LogP contribution in [-0.2, 0) is 17.8 Å². The average Bonchev–Trinajstić information content (AvgIpc) is 2.88. The van der Waals surface area contributed by atoms with Crippen LogP contribution in [0.2, 0.25) is 0 Å². The maximum atomic E-state index is 12.6. The topological polar surface area (TPSA) is 65.5 Å². The van der Waals surface area contributed by atoms with E-state index in [0.29, 0.717) is 24.4 Å². The Morgan fingerprint density at radius 3 is 2.74 bits per heavy atom. The van der Waals surface area contributed by atoms with Crippen molar-refractivity contribution in [2.45, 2.75) is 30.8 Å². The second-order valence-corrected chi connectivity index (χ2v) is 9.59. The van der Waals surface area contributed by atoms with Crippen LogP contribution < -0.4 is 15.1 Å². The highest BCUT2D eigenvalue weighted by Crippen LogP contribution is 2.34. The molecule has 7 heteroatoms. The Hall–Kier alpha value is -3.32. The number of benzene rings is 2. The summed E-state index contributed by atoms with van der Waals surface area (Å²) in [6.45, 7) is 3.13. The summed E-state index contributed by atoms with van der Waals surface area (Å²) >= 11 is 1.47. The molecule has 3 aromatic rings. The molecule has 34 heavy (non-hydrogen) atoms. The zero-order valence-electron chi connectivity index (χ0n) is 19.1. The van der Waals surface area contributed by atoms with E-state index in [1.807, 2.05) is 36.4 Å². The molecule has 0 spiro atoms. The second kappa shape index (κ2) is 10.3. The van der Waals surface area contributed by atoms with Gasteiger partial charge in [0.05, 0.1) is 18.0 Å². The van der Waals surface area contributed by atoms with Crippen molar-refractivity contribution in [1.29, 1.82) is 0 Å². The van der Waals surface area contributed by atoms with Crippen molar-refractivity contribution in [3.05, 3.63) is 83.6 Å². The summed E-state index contributed by atoms with van der Waals surface area (Å²) < 4.78 is 0. The first-order valence-electron chi connectivity index (χ1n) is 11.8. The van der Waals surface area contributed by atoms with Crippen LogP contribution >= 0.6 is 11.8 Å². The van der Waals surface area contributed by atoms with Gasteiger partial charge in [-0.3, -0.25) is 9.59 Å². The van der Waals surface area contributed by atoms with E-state index in [4.69, 9.17) is 0 Å². The molecule has 6 nitrogen and oxygen atoms in total. The number of hydrogen-bond donors (Lipinski definition) is 1. The third-order valence-electron chi connectivity index (χ3n) is 6.33. The van der Waals surface area contributed by atoms with E-state index in [2.05, 4.69) is 39.5 Å². The third kappa shape index (κ3) is 4.94. The lowest BCUT2D eigenvalue weighted by Crippen LogP contribution is -2.35. The molecular formula is C27H28N4O2S. The lowest BCUT2D eigenvalue weighted by atomic mass is 10.0. The highest BCUT2D eigenvalue weighted by atomic mass is 32.2. The van der Waals surface area contributed by atoms with Crippen molar-refractivity contribution in [3.8, 4) is 0 Å². The Bertz CT molecular complexity index is 1180. The largest absolute Gasteiger partial charge is 0.371 e. The molecule has 1 aromatic heterocycles. The highest BCUT2D eigenvalue weighted by molar-refractivity contribution is 8.00. The summed E-state index contributed by atoms with van der Waals surface area (Å²) in [5.41, 5.74) is 5.22. The fourth-order valence-electron chi connectivity index (χ4n) is 4.58. The number of nitrogens with zero attached hydrogens (tertiary/aromatic N) is 3. The molecule has 0 unspecified atom stereocenters. The number of nitrogens with one attached hydrogen (secondary N) is 1. The molecule has 2 amide bonds. The minimum absolute atomic E-state index is 0.0643. The number of rotatable bonds is 7. The number of carbonyl (C=O) groups is 2. The van der Waals surface area contributed by atoms with Gasteiger partial charge >= 0.3 is 0 Å². The molecule has 0 bridgehead atoms. The fraction of sp³-hybridized carbons (Fsp3) is 0.296. The first-order valence-corrected chi connectivity index (χ1v) is 12.8. The molecule has 5 rings (SSSR count). The van der Waals surface area contributed by atoms with E-state index < -0.39 is 0 Å². The van der Waals surface area contributed by atoms with Gasteiger partial charge in [0.15, 0.2) is 0 Å². The van der Waals surface area contributed by atoms with Crippen LogP contribution in [0.4, 0.5) is 11.4 Å². The molecule has 174 valence electrons. The SMILES string of the molecule is O=C(NCCCN1CCCc2ccccc21)c1ccc(CN2C(=O)CSc3ncccc32)cc1. The average molecular weight is 473 g/mol. The maximum absolute atomic E-state index is 12.6. The van der Waals surface area contributed by atoms with Crippen LogP contribution in [0, 0.1) is 0 Å². The summed E-state index contributed by atoms with van der Waals surface area (Å²) in [5.74, 6) is 0.405. The number of pyridine rings is 1. The Labute approximate surface area is 204 Å². The van der Waals surface area contributed by atoms with E-state index in [-0.39, 0.29) is 11.8 Å². The van der Waals surface area contributed by atoms with Crippen LogP contribution in [0.15, 0.2) is 71.9 Å². The number of fused-ring (bicyclic) bond motifs is 2. The Morgan fingerprint density at radius 1 is 1.03 bits per heavy atom. The predicted octanol–water partition coefficient (Wildman–Crippen LogP) is 4.29. The standard InChI is InChI=1S/C27H28N4O2S/c32-25-19-34-27-24(9-3-14-29-27)31(25)18-20-10-12-22(13-11-20)26(33)28-15-5-17-30-16-4-7-21-6-1-2-8-23(21)30/h1-3,6,8-14H,4-5,7,15-19H2,(H,28,33). The summed E-state index contributed by atoms with van der Waals surface area (Å²) in [5, 5.41) is 3.92. The maximum Gasteiger partial charge on any atom is 0.251 e. The van der Waals surface area contributed by atoms with Crippen LogP contribution in [0.1, 0.15) is 34.3 Å². The van der Waals surface area contributed by atoms with Gasteiger partial charge in [-0.15, -0.1) is 0 Å². The Balaban J connectivity index is 1.13. The zero-order valence-corrected chi connectivity index (χ0v) is 19.9. The molecule has 0 saturated heterocycles. The third-order valence-corrected chi connectivity index (χ3v) is 7.31. The number of hydrogen-bond acceptors (Lipinski definition) is 5. The van der Waals surface area contributed by atoms with Crippen molar-refractivity contribution in [1.82, 2.24) is 10.3 Å². The molecule has 0 atom stereocenters. The number of thioether (sulfide) groups is 1. The molecule has 2 aliphatic rings. The number of amides is 2. The van der Waals surface area contributed by atoms with Crippen LogP contribution in [0.3, 0.4) is 0 Å². The molecule has 3 heterocycles. The molecule has 0 radical (unpaired) electrons. The lowest BCUT2D eigenvalue weighted by Gasteiger charge is -2.31. The van der Waals surface area contributed by atoms with Gasteiger partial charge in [-0.2, -0.15) is 0 Å². The summed E-state index contributed by atoms with van der Waals surface area (Å²) in [6.07, 6.45) is 4.98. The summed E-state index contributed by atoms with van der Waals surface area (Å²) in [6, 6.07) is 19.9. The first kappa shape index (κ1) is 22.5. The van der Waals surface area contributed by atoms with Gasteiger partial charge in [0, 0.05) is 37.1 Å². The molecular weight excluding hydrogens is 444 g/mol. The van der Waals surface area contributed by atoms with Gasteiger partial charge < -0.3 is 15.1 Å². The molecule has 1 N–H and O–H groups in total. The Kier molecular flexibility index (Phi) is 6.81. The van der Waals surface area contributed by atoms with Gasteiger partial charge in [-0.25, -0.2) is 4.98 Å². The van der Waals surface area contributed by atoms with E-state index in [1.54, 1.807) is 11.1 Å². The minimum Gasteiger partial charge on any atom is -0.371 e. The van der Waals surface area contributed by atoms with E-state index in [9.17, 15) is 9.59 Å². The van der Waals surface area contributed by atoms with E-state index in [1.165, 1.54) is 29.4 Å². The van der Waals surface area contributed by atoms with Crippen LogP contribution in [-0.4, -0.2) is 42.2 Å². The quantitative estimate of drug-likeness (QED) is 0.520. The van der Waals surface area contributed by atoms with Crippen molar-refractivity contribution >= 4 is 35.0 Å². The van der Waals surface area contributed by atoms with E-state index in [0.717, 1.165) is 42.2 Å². The van der Waals surface area contributed by atoms with Gasteiger partial charge in [-0.1, -0.05) is 42.1 Å². The smallest absolute Gasteiger partial charge is 0.251 e. The van der Waals surface area contributed by atoms with Gasteiger partial charge in [0.2, 0.25) is 5.91 Å². The number of aryl methyl sites for hydroxylation is 1. The van der Waals surface area contributed by atoms with Crippen molar-refractivity contribution in [2.75, 3.05) is 35.2 Å². The van der Waals surface area contributed by atoms with Crippen LogP contribution in [0.5, 0.6) is 0 Å². The fourth-order valence-corrected chi connectivity index (χ4v) is 5.45. The molecule has 0 saturated carbocycles. The van der Waals surface area contributed by atoms with Crippen molar-refractivity contribution in [2.24, 2.45) is 0 Å². The lowest BCUT2D eigenvalue weighted by molar-refractivity contribution is -0.116. The number of anilines is 2. The first-order chi connectivity index (χ1) is 16.7. The Morgan fingerprint density at radius 2 is 1.85 bits per heavy atom. The normalized spacial score (nSPS) is 15.0. The molecule has 0 fully saturated rings. The van der Waals surface area contributed by atoms with Gasteiger partial charge in [0.25, 0.3) is 5.91 Å². The highest BCUT2D eigenvalue weighted by Gasteiger charge is 2.25. The number of carbonyl (C=O) groups excluding carboxylic acids is 2. The summed E-state index contributed by atoms with van der Waals surface area (Å²) in [7, 11) is 0.